The molecule has 1 aliphatic heterocycles. The van der Waals surface area contributed by atoms with Crippen LogP contribution in [0.3, 0.4) is 0 Å². The third kappa shape index (κ3) is 1.82. The first-order valence-electron chi connectivity index (χ1n) is 5.03. The first kappa shape index (κ1) is 11.5. The minimum absolute atomic E-state index is 0.0801. The highest BCUT2D eigenvalue weighted by atomic mass is 32.2. The van der Waals surface area contributed by atoms with Gasteiger partial charge in [0.05, 0.1) is 0 Å². The molecule has 2 nitrogen and oxygen atoms in total. The maximum atomic E-state index is 5.87. The Morgan fingerprint density at radius 1 is 1.25 bits per heavy atom. The van der Waals surface area contributed by atoms with Gasteiger partial charge in [-0.15, -0.1) is 11.8 Å². The summed E-state index contributed by atoms with van der Waals surface area (Å²) in [6.45, 7) is 11.2. The molecule has 3 heteroatoms. The number of ether oxygens (including phenoxy) is 2. The summed E-state index contributed by atoms with van der Waals surface area (Å²) in [5.41, 5.74) is 0. The van der Waals surface area contributed by atoms with Crippen LogP contribution in [-0.4, -0.2) is 18.0 Å². The Morgan fingerprint density at radius 2 is 2.00 bits per heavy atom. The third-order valence-corrected chi connectivity index (χ3v) is 3.37. The summed E-state index contributed by atoms with van der Waals surface area (Å²) >= 11 is 1.55. The van der Waals surface area contributed by atoms with Crippen LogP contribution in [0.5, 0.6) is 0 Å². The van der Waals surface area contributed by atoms with E-state index in [2.05, 4.69) is 19.7 Å². The summed E-state index contributed by atoms with van der Waals surface area (Å²) in [7, 11) is 0. The maximum absolute atomic E-state index is 5.87. The Labute approximate surface area is 100 Å². The maximum Gasteiger partial charge on any atom is 0.208 e. The van der Waals surface area contributed by atoms with Crippen molar-refractivity contribution in [2.24, 2.45) is 0 Å². The Balaban J connectivity index is 2.25. The highest BCUT2D eigenvalue weighted by Gasteiger charge is 2.45. The lowest BCUT2D eigenvalue weighted by Gasteiger charge is -2.20. The zero-order valence-electron chi connectivity index (χ0n) is 8.96. The van der Waals surface area contributed by atoms with E-state index < -0.39 is 5.79 Å². The molecule has 0 saturated carbocycles. The van der Waals surface area contributed by atoms with E-state index in [0.717, 1.165) is 4.91 Å². The molecule has 1 aliphatic carbocycles. The Bertz CT molecular complexity index is 373. The van der Waals surface area contributed by atoms with Crippen molar-refractivity contribution in [2.75, 3.05) is 0 Å². The normalized spacial score (nSPS) is 30.4. The van der Waals surface area contributed by atoms with Gasteiger partial charge in [-0.3, -0.25) is 0 Å². The van der Waals surface area contributed by atoms with Gasteiger partial charge in [-0.05, 0) is 23.6 Å². The summed E-state index contributed by atoms with van der Waals surface area (Å²) in [6, 6.07) is 0. The quantitative estimate of drug-likeness (QED) is 0.696. The lowest BCUT2D eigenvalue weighted by atomic mass is 10.1. The van der Waals surface area contributed by atoms with Gasteiger partial charge in [-0.2, -0.15) is 0 Å². The predicted octanol–water partition coefficient (Wildman–Crippen LogP) is 3.17. The van der Waals surface area contributed by atoms with Gasteiger partial charge in [0.1, 0.15) is 12.2 Å². The standard InChI is InChI=1S/C13H14O2S/c1-4-13(5-2)14-10-8-7-9-11(16-6-3)12(10)15-13/h4-10,12H,1-3H2/t10-,12-/m0/s1. The Kier molecular flexibility index (Phi) is 3.19. The van der Waals surface area contributed by atoms with Crippen molar-refractivity contribution in [1.29, 1.82) is 0 Å². The van der Waals surface area contributed by atoms with E-state index in [4.69, 9.17) is 9.47 Å². The number of rotatable bonds is 4. The molecule has 2 atom stereocenters. The zero-order valence-corrected chi connectivity index (χ0v) is 9.78. The van der Waals surface area contributed by atoms with Crippen LogP contribution in [0, 0.1) is 0 Å². The second-order valence-electron chi connectivity index (χ2n) is 3.49. The molecule has 1 saturated heterocycles. The van der Waals surface area contributed by atoms with Gasteiger partial charge < -0.3 is 9.47 Å². The van der Waals surface area contributed by atoms with E-state index in [1.807, 2.05) is 18.2 Å². The minimum atomic E-state index is -0.870. The Hall–Kier alpha value is -1.03. The molecule has 0 unspecified atom stereocenters. The molecule has 1 fully saturated rings. The molecule has 84 valence electrons. The molecular weight excluding hydrogens is 220 g/mol. The summed E-state index contributed by atoms with van der Waals surface area (Å²) in [4.78, 5) is 1.09. The zero-order chi connectivity index (χ0) is 11.6. The van der Waals surface area contributed by atoms with Gasteiger partial charge in [0.15, 0.2) is 0 Å². The number of hydrogen-bond acceptors (Lipinski definition) is 3. The van der Waals surface area contributed by atoms with Gasteiger partial charge in [0, 0.05) is 4.91 Å². The summed E-state index contributed by atoms with van der Waals surface area (Å²) in [5, 5.41) is 1.78. The van der Waals surface area contributed by atoms with Crippen molar-refractivity contribution in [1.82, 2.24) is 0 Å². The molecule has 0 aromatic rings. The second-order valence-corrected chi connectivity index (χ2v) is 4.53. The monoisotopic (exact) mass is 234 g/mol. The molecule has 0 N–H and O–H groups in total. The van der Waals surface area contributed by atoms with E-state index in [-0.39, 0.29) is 12.2 Å². The van der Waals surface area contributed by atoms with Crippen LogP contribution in [0.15, 0.2) is 60.4 Å². The number of fused-ring (bicyclic) bond motifs is 1. The first-order valence-corrected chi connectivity index (χ1v) is 5.91. The van der Waals surface area contributed by atoms with Crippen molar-refractivity contribution in [3.05, 3.63) is 60.4 Å². The van der Waals surface area contributed by atoms with Crippen LogP contribution in [0.25, 0.3) is 0 Å². The van der Waals surface area contributed by atoms with Crippen LogP contribution < -0.4 is 0 Å². The highest BCUT2D eigenvalue weighted by molar-refractivity contribution is 8.05. The predicted molar refractivity (Wildman–Crippen MR) is 67.9 cm³/mol. The van der Waals surface area contributed by atoms with E-state index >= 15 is 0 Å². The third-order valence-electron chi connectivity index (χ3n) is 2.56. The van der Waals surface area contributed by atoms with E-state index in [1.165, 1.54) is 0 Å². The molecule has 0 aromatic heterocycles. The van der Waals surface area contributed by atoms with Crippen LogP contribution in [0.2, 0.25) is 0 Å². The van der Waals surface area contributed by atoms with E-state index in [9.17, 15) is 0 Å². The lowest BCUT2D eigenvalue weighted by Crippen LogP contribution is -2.25. The van der Waals surface area contributed by atoms with Crippen LogP contribution >= 0.6 is 11.8 Å². The number of allylic oxidation sites excluding steroid dienone is 2. The summed E-state index contributed by atoms with van der Waals surface area (Å²) in [6.07, 6.45) is 9.04. The molecule has 2 aliphatic rings. The van der Waals surface area contributed by atoms with Crippen LogP contribution in [0.4, 0.5) is 0 Å². The van der Waals surface area contributed by atoms with Crippen molar-refractivity contribution in [3.63, 3.8) is 0 Å². The smallest absolute Gasteiger partial charge is 0.208 e. The largest absolute Gasteiger partial charge is 0.332 e. The fourth-order valence-corrected chi connectivity index (χ4v) is 2.43. The topological polar surface area (TPSA) is 18.5 Å². The molecule has 0 spiro atoms. The molecule has 2 rings (SSSR count). The molecule has 16 heavy (non-hydrogen) atoms. The molecular formula is C13H14O2S. The van der Waals surface area contributed by atoms with E-state index in [0.29, 0.717) is 0 Å². The van der Waals surface area contributed by atoms with Crippen LogP contribution in [0.1, 0.15) is 0 Å². The molecule has 0 amide bonds. The molecule has 0 radical (unpaired) electrons. The van der Waals surface area contributed by atoms with Crippen molar-refractivity contribution >= 4 is 11.8 Å². The molecule has 0 aromatic carbocycles. The SMILES string of the molecule is C=CSC1=CC=C[C@@H]2OC(C=C)(C=C)O[C@H]12. The molecule has 0 bridgehead atoms. The van der Waals surface area contributed by atoms with Gasteiger partial charge >= 0.3 is 0 Å². The van der Waals surface area contributed by atoms with Crippen molar-refractivity contribution in [2.45, 2.75) is 18.0 Å². The first-order chi connectivity index (χ1) is 7.74. The van der Waals surface area contributed by atoms with Gasteiger partial charge in [0.25, 0.3) is 0 Å². The van der Waals surface area contributed by atoms with Gasteiger partial charge in [-0.1, -0.05) is 31.9 Å². The highest BCUT2D eigenvalue weighted by Crippen LogP contribution is 2.40. The average Bonchev–Trinajstić information content (AvgIpc) is 2.70. The van der Waals surface area contributed by atoms with Gasteiger partial charge in [-0.25, -0.2) is 0 Å². The fourth-order valence-electron chi connectivity index (χ4n) is 1.76. The Morgan fingerprint density at radius 3 is 2.62 bits per heavy atom. The average molecular weight is 234 g/mol. The minimum Gasteiger partial charge on any atom is -0.332 e. The summed E-state index contributed by atoms with van der Waals surface area (Å²) < 4.78 is 11.7. The summed E-state index contributed by atoms with van der Waals surface area (Å²) in [5.74, 6) is -0.870. The van der Waals surface area contributed by atoms with Gasteiger partial charge in [0.2, 0.25) is 5.79 Å². The van der Waals surface area contributed by atoms with Crippen LogP contribution in [-0.2, 0) is 9.47 Å². The van der Waals surface area contributed by atoms with Crippen molar-refractivity contribution < 1.29 is 9.47 Å². The second kappa shape index (κ2) is 4.45. The number of hydrogen-bond donors (Lipinski definition) is 0. The molecule has 1 heterocycles. The lowest BCUT2D eigenvalue weighted by molar-refractivity contribution is -0.0887. The van der Waals surface area contributed by atoms with E-state index in [1.54, 1.807) is 29.3 Å². The number of thioether (sulfide) groups is 1. The fraction of sp³-hybridized carbons (Fsp3) is 0.231. The van der Waals surface area contributed by atoms with Crippen molar-refractivity contribution in [3.8, 4) is 0 Å².